The molecule has 1 aliphatic heterocycles. The lowest BCUT2D eigenvalue weighted by Crippen LogP contribution is -2.40. The average Bonchev–Trinajstić information content (AvgIpc) is 3.05. The molecule has 6 nitrogen and oxygen atoms in total. The quantitative estimate of drug-likeness (QED) is 0.788. The van der Waals surface area contributed by atoms with Gasteiger partial charge in [-0.3, -0.25) is 9.82 Å². The maximum atomic E-state index is 12.9. The van der Waals surface area contributed by atoms with Crippen molar-refractivity contribution in [1.82, 2.24) is 14.8 Å². The summed E-state index contributed by atoms with van der Waals surface area (Å²) in [4.78, 5) is 9.79. The molecule has 0 aliphatic carbocycles. The maximum absolute atomic E-state index is 12.9. The van der Waals surface area contributed by atoms with Crippen molar-refractivity contribution >= 4 is 10.0 Å². The summed E-state index contributed by atoms with van der Waals surface area (Å²) < 4.78 is 28.5. The van der Waals surface area contributed by atoms with Crippen LogP contribution in [0.4, 0.5) is 0 Å². The van der Waals surface area contributed by atoms with E-state index in [1.807, 2.05) is 30.3 Å². The van der Waals surface area contributed by atoms with Gasteiger partial charge in [0.2, 0.25) is 10.0 Å². The molecule has 7 heteroatoms. The summed E-state index contributed by atoms with van der Waals surface area (Å²) in [5.74, 6) is 0.435. The molecule has 0 unspecified atom stereocenters. The van der Waals surface area contributed by atoms with Crippen LogP contribution in [0.1, 0.15) is 42.6 Å². The largest absolute Gasteiger partial charge is 0.297 e. The summed E-state index contributed by atoms with van der Waals surface area (Å²) in [6.45, 7) is 4.74. The molecule has 0 spiro atoms. The van der Waals surface area contributed by atoms with E-state index in [1.54, 1.807) is 18.3 Å². The highest BCUT2D eigenvalue weighted by atomic mass is 32.2. The molecular formula is C20H27N3O3S. The van der Waals surface area contributed by atoms with Crippen LogP contribution in [0.5, 0.6) is 0 Å². The normalized spacial score (nSPS) is 21.0. The van der Waals surface area contributed by atoms with Gasteiger partial charge in [0.05, 0.1) is 12.6 Å². The number of hydrogen-bond donors (Lipinski definition) is 1. The molecule has 1 N–H and O–H groups in total. The zero-order valence-electron chi connectivity index (χ0n) is 16.0. The van der Waals surface area contributed by atoms with Gasteiger partial charge in [0.15, 0.2) is 0 Å². The standard InChI is InChI=1S/C20H27N3O3S/c1-15(2)16-7-9-17(10-8-16)20-19(14-26-23(20)3)27(24,25)22-13-11-18-6-4-5-12-21-18/h4-10,12,15,19-20,22H,11,13-14H2,1-3H3/t19-,20-/m1/s1. The first-order valence-corrected chi connectivity index (χ1v) is 10.8. The third kappa shape index (κ3) is 4.73. The van der Waals surface area contributed by atoms with Crippen LogP contribution in [-0.4, -0.2) is 43.9 Å². The predicted molar refractivity (Wildman–Crippen MR) is 106 cm³/mol. The average molecular weight is 390 g/mol. The van der Waals surface area contributed by atoms with Crippen LogP contribution >= 0.6 is 0 Å². The second-order valence-electron chi connectivity index (χ2n) is 7.16. The fraction of sp³-hybridized carbons (Fsp3) is 0.450. The Hall–Kier alpha value is -1.80. The Morgan fingerprint density at radius 2 is 1.96 bits per heavy atom. The van der Waals surface area contributed by atoms with Crippen LogP contribution in [-0.2, 0) is 21.3 Å². The van der Waals surface area contributed by atoms with E-state index in [2.05, 4.69) is 35.7 Å². The van der Waals surface area contributed by atoms with Crippen molar-refractivity contribution in [3.8, 4) is 0 Å². The highest BCUT2D eigenvalue weighted by Crippen LogP contribution is 2.33. The van der Waals surface area contributed by atoms with Crippen LogP contribution in [0.15, 0.2) is 48.7 Å². The van der Waals surface area contributed by atoms with Gasteiger partial charge in [-0.15, -0.1) is 0 Å². The number of rotatable bonds is 7. The van der Waals surface area contributed by atoms with Gasteiger partial charge >= 0.3 is 0 Å². The second-order valence-corrected chi connectivity index (χ2v) is 9.14. The number of hydroxylamine groups is 2. The van der Waals surface area contributed by atoms with Gasteiger partial charge in [0.25, 0.3) is 0 Å². The van der Waals surface area contributed by atoms with Gasteiger partial charge in [-0.25, -0.2) is 13.1 Å². The van der Waals surface area contributed by atoms with Gasteiger partial charge in [0, 0.05) is 31.9 Å². The number of benzene rings is 1. The molecule has 0 radical (unpaired) electrons. The third-order valence-corrected chi connectivity index (χ3v) is 6.74. The van der Waals surface area contributed by atoms with Crippen LogP contribution in [0.25, 0.3) is 0 Å². The minimum absolute atomic E-state index is 0.145. The van der Waals surface area contributed by atoms with E-state index in [9.17, 15) is 8.42 Å². The Bertz CT molecular complexity index is 839. The Labute approximate surface area is 161 Å². The number of sulfonamides is 1. The molecule has 1 fully saturated rings. The Kier molecular flexibility index (Phi) is 6.26. The first-order chi connectivity index (χ1) is 12.9. The molecule has 3 rings (SSSR count). The van der Waals surface area contributed by atoms with Crippen molar-refractivity contribution in [3.05, 3.63) is 65.5 Å². The Morgan fingerprint density at radius 3 is 2.59 bits per heavy atom. The Balaban J connectivity index is 1.71. The molecule has 146 valence electrons. The third-order valence-electron chi connectivity index (χ3n) is 4.94. The summed E-state index contributed by atoms with van der Waals surface area (Å²) in [6, 6.07) is 13.4. The topological polar surface area (TPSA) is 71.5 Å². The van der Waals surface area contributed by atoms with E-state index in [-0.39, 0.29) is 12.6 Å². The van der Waals surface area contributed by atoms with Gasteiger partial charge < -0.3 is 0 Å². The molecule has 2 atom stereocenters. The van der Waals surface area contributed by atoms with E-state index in [0.717, 1.165) is 11.3 Å². The van der Waals surface area contributed by atoms with Crippen molar-refractivity contribution in [2.24, 2.45) is 0 Å². The summed E-state index contributed by atoms with van der Waals surface area (Å²) in [5, 5.41) is 0.990. The van der Waals surface area contributed by atoms with Crippen molar-refractivity contribution in [2.75, 3.05) is 20.2 Å². The molecule has 0 amide bonds. The van der Waals surface area contributed by atoms with Gasteiger partial charge in [-0.2, -0.15) is 5.06 Å². The first kappa shape index (κ1) is 19.9. The summed E-state index contributed by atoms with van der Waals surface area (Å²) in [7, 11) is -1.75. The predicted octanol–water partition coefficient (Wildman–Crippen LogP) is 2.65. The first-order valence-electron chi connectivity index (χ1n) is 9.22. The van der Waals surface area contributed by atoms with Gasteiger partial charge in [-0.1, -0.05) is 44.2 Å². The van der Waals surface area contributed by atoms with Crippen LogP contribution in [0.3, 0.4) is 0 Å². The minimum atomic E-state index is -3.53. The summed E-state index contributed by atoms with van der Waals surface area (Å²) >= 11 is 0. The maximum Gasteiger partial charge on any atom is 0.218 e. The lowest BCUT2D eigenvalue weighted by molar-refractivity contribution is -0.110. The van der Waals surface area contributed by atoms with E-state index in [1.165, 1.54) is 5.56 Å². The van der Waals surface area contributed by atoms with E-state index >= 15 is 0 Å². The van der Waals surface area contributed by atoms with Crippen LogP contribution in [0.2, 0.25) is 0 Å². The second kappa shape index (κ2) is 8.48. The van der Waals surface area contributed by atoms with Gasteiger partial charge in [-0.05, 0) is 29.2 Å². The molecule has 1 aromatic heterocycles. The van der Waals surface area contributed by atoms with Crippen LogP contribution < -0.4 is 4.72 Å². The van der Waals surface area contributed by atoms with Crippen molar-refractivity contribution < 1.29 is 13.3 Å². The lowest BCUT2D eigenvalue weighted by Gasteiger charge is -2.23. The Morgan fingerprint density at radius 1 is 1.22 bits per heavy atom. The molecule has 1 aliphatic rings. The van der Waals surface area contributed by atoms with Crippen molar-refractivity contribution in [2.45, 2.75) is 37.5 Å². The molecule has 2 heterocycles. The summed E-state index contributed by atoms with van der Waals surface area (Å²) in [5.41, 5.74) is 3.04. The summed E-state index contributed by atoms with van der Waals surface area (Å²) in [6.07, 6.45) is 2.26. The zero-order chi connectivity index (χ0) is 19.4. The van der Waals surface area contributed by atoms with Crippen molar-refractivity contribution in [1.29, 1.82) is 0 Å². The zero-order valence-corrected chi connectivity index (χ0v) is 16.8. The molecule has 1 aromatic carbocycles. The SMILES string of the molecule is CC(C)c1ccc([C@@H]2[C@H](S(=O)(=O)NCCc3ccccn3)CON2C)cc1. The van der Waals surface area contributed by atoms with E-state index in [0.29, 0.717) is 18.9 Å². The number of nitrogens with zero attached hydrogens (tertiary/aromatic N) is 2. The highest BCUT2D eigenvalue weighted by molar-refractivity contribution is 7.90. The number of hydrogen-bond acceptors (Lipinski definition) is 5. The van der Waals surface area contributed by atoms with Crippen LogP contribution in [0, 0.1) is 0 Å². The highest BCUT2D eigenvalue weighted by Gasteiger charge is 2.42. The van der Waals surface area contributed by atoms with Gasteiger partial charge in [0.1, 0.15) is 5.25 Å². The molecule has 0 saturated carbocycles. The number of nitrogens with one attached hydrogen (secondary N) is 1. The molecule has 2 aromatic rings. The molecule has 1 saturated heterocycles. The lowest BCUT2D eigenvalue weighted by atomic mass is 9.98. The van der Waals surface area contributed by atoms with E-state index < -0.39 is 15.3 Å². The minimum Gasteiger partial charge on any atom is -0.297 e. The van der Waals surface area contributed by atoms with Crippen molar-refractivity contribution in [3.63, 3.8) is 0 Å². The molecular weight excluding hydrogens is 362 g/mol. The number of pyridine rings is 1. The molecule has 27 heavy (non-hydrogen) atoms. The fourth-order valence-corrected chi connectivity index (χ4v) is 4.84. The number of aromatic nitrogens is 1. The molecule has 0 bridgehead atoms. The monoisotopic (exact) mass is 389 g/mol. The fourth-order valence-electron chi connectivity index (χ4n) is 3.33. The van der Waals surface area contributed by atoms with E-state index in [4.69, 9.17) is 4.84 Å². The smallest absolute Gasteiger partial charge is 0.218 e.